The zero-order valence-corrected chi connectivity index (χ0v) is 20.5. The van der Waals surface area contributed by atoms with Gasteiger partial charge in [-0.05, 0) is 36.8 Å². The summed E-state index contributed by atoms with van der Waals surface area (Å²) in [5, 5.41) is 10.5. The maximum Gasteiger partial charge on any atom is 0.322 e. The van der Waals surface area contributed by atoms with Gasteiger partial charge in [0, 0.05) is 30.8 Å². The van der Waals surface area contributed by atoms with E-state index in [4.69, 9.17) is 9.84 Å². The number of carbonyl (C=O) groups is 2. The summed E-state index contributed by atoms with van der Waals surface area (Å²) in [6, 6.07) is 18.5. The third-order valence-corrected chi connectivity index (χ3v) is 5.20. The number of hydrogen-bond acceptors (Lipinski definition) is 4. The van der Waals surface area contributed by atoms with Gasteiger partial charge in [-0.25, -0.2) is 9.48 Å². The average molecular weight is 464 g/mol. The Morgan fingerprint density at radius 3 is 2.41 bits per heavy atom. The molecule has 0 saturated carbocycles. The molecule has 0 saturated heterocycles. The van der Waals surface area contributed by atoms with Crippen molar-refractivity contribution in [1.82, 2.24) is 14.7 Å². The molecule has 1 heterocycles. The van der Waals surface area contributed by atoms with E-state index < -0.39 is 0 Å². The predicted molar refractivity (Wildman–Crippen MR) is 135 cm³/mol. The second kappa shape index (κ2) is 11.0. The summed E-state index contributed by atoms with van der Waals surface area (Å²) in [5.41, 5.74) is 3.24. The lowest BCUT2D eigenvalue weighted by molar-refractivity contribution is -0.116. The lowest BCUT2D eigenvalue weighted by Crippen LogP contribution is -2.42. The molecule has 1 aromatic heterocycles. The zero-order chi connectivity index (χ0) is 24.7. The monoisotopic (exact) mass is 463 g/mol. The summed E-state index contributed by atoms with van der Waals surface area (Å²) in [4.78, 5) is 27.3. The minimum Gasteiger partial charge on any atom is -0.383 e. The first-order chi connectivity index (χ1) is 16.2. The number of anilines is 2. The number of carbonyl (C=O) groups excluding carboxylic acids is 2. The van der Waals surface area contributed by atoms with E-state index in [0.29, 0.717) is 18.1 Å². The lowest BCUT2D eigenvalue weighted by Gasteiger charge is -2.22. The zero-order valence-electron chi connectivity index (χ0n) is 20.5. The Kier molecular flexibility index (Phi) is 8.07. The molecule has 0 radical (unpaired) electrons. The molecule has 34 heavy (non-hydrogen) atoms. The van der Waals surface area contributed by atoms with E-state index in [1.807, 2.05) is 55.5 Å². The number of rotatable bonds is 8. The van der Waals surface area contributed by atoms with Crippen molar-refractivity contribution < 1.29 is 14.3 Å². The van der Waals surface area contributed by atoms with Crippen LogP contribution in [0.3, 0.4) is 0 Å². The Hall–Kier alpha value is -3.65. The second-order valence-electron chi connectivity index (χ2n) is 9.17. The number of para-hydroxylation sites is 1. The summed E-state index contributed by atoms with van der Waals surface area (Å²) in [5.74, 6) is 0.226. The quantitative estimate of drug-likeness (QED) is 0.511. The molecule has 8 nitrogen and oxygen atoms in total. The molecule has 0 bridgehead atoms. The number of benzene rings is 2. The van der Waals surface area contributed by atoms with Crippen molar-refractivity contribution in [2.75, 3.05) is 37.4 Å². The molecule has 0 aliphatic rings. The van der Waals surface area contributed by atoms with Crippen LogP contribution in [0.5, 0.6) is 0 Å². The van der Waals surface area contributed by atoms with Gasteiger partial charge in [0.2, 0.25) is 5.91 Å². The average Bonchev–Trinajstić information content (AvgIpc) is 3.21. The van der Waals surface area contributed by atoms with E-state index in [9.17, 15) is 9.59 Å². The van der Waals surface area contributed by atoms with Crippen LogP contribution in [0.15, 0.2) is 60.7 Å². The molecule has 2 aromatic carbocycles. The molecule has 0 fully saturated rings. The summed E-state index contributed by atoms with van der Waals surface area (Å²) in [6.07, 6.45) is 0. The number of hydrogen-bond donors (Lipinski definition) is 2. The fraction of sp³-hybridized carbons (Fsp3) is 0.346. The molecule has 2 N–H and O–H groups in total. The van der Waals surface area contributed by atoms with Gasteiger partial charge in [0.25, 0.3) is 0 Å². The van der Waals surface area contributed by atoms with Crippen LogP contribution in [-0.2, 0) is 14.9 Å². The van der Waals surface area contributed by atoms with Gasteiger partial charge in [-0.15, -0.1) is 0 Å². The van der Waals surface area contributed by atoms with E-state index >= 15 is 0 Å². The third-order valence-electron chi connectivity index (χ3n) is 5.20. The van der Waals surface area contributed by atoms with Gasteiger partial charge in [0.15, 0.2) is 0 Å². The fourth-order valence-corrected chi connectivity index (χ4v) is 3.33. The molecular formula is C26H33N5O3. The van der Waals surface area contributed by atoms with Crippen LogP contribution in [0.4, 0.5) is 16.3 Å². The van der Waals surface area contributed by atoms with Gasteiger partial charge < -0.3 is 20.3 Å². The molecule has 0 aliphatic heterocycles. The summed E-state index contributed by atoms with van der Waals surface area (Å²) < 4.78 is 6.87. The van der Waals surface area contributed by atoms with Crippen molar-refractivity contribution in [3.63, 3.8) is 0 Å². The summed E-state index contributed by atoms with van der Waals surface area (Å²) in [6.45, 7) is 8.67. The Bertz CT molecular complexity index is 1120. The molecule has 3 amide bonds. The number of nitrogens with zero attached hydrogens (tertiary/aromatic N) is 3. The molecule has 8 heteroatoms. The molecule has 0 aliphatic carbocycles. The minimum absolute atomic E-state index is 0.133. The van der Waals surface area contributed by atoms with Gasteiger partial charge in [0.05, 0.1) is 18.0 Å². The van der Waals surface area contributed by atoms with Crippen LogP contribution in [0, 0.1) is 6.92 Å². The van der Waals surface area contributed by atoms with Crippen LogP contribution in [0.2, 0.25) is 0 Å². The van der Waals surface area contributed by atoms with Gasteiger partial charge >= 0.3 is 6.03 Å². The van der Waals surface area contributed by atoms with Crippen LogP contribution in [0.25, 0.3) is 5.69 Å². The highest BCUT2D eigenvalue weighted by Gasteiger charge is 2.23. The highest BCUT2D eigenvalue weighted by Crippen LogP contribution is 2.26. The Morgan fingerprint density at radius 2 is 1.76 bits per heavy atom. The van der Waals surface area contributed by atoms with Gasteiger partial charge in [0.1, 0.15) is 12.4 Å². The third kappa shape index (κ3) is 6.68. The van der Waals surface area contributed by atoms with E-state index in [-0.39, 0.29) is 30.4 Å². The Labute approximate surface area is 200 Å². The van der Waals surface area contributed by atoms with Crippen LogP contribution in [0.1, 0.15) is 32.0 Å². The Balaban J connectivity index is 1.80. The number of amides is 3. The second-order valence-corrected chi connectivity index (χ2v) is 9.17. The van der Waals surface area contributed by atoms with Crippen molar-refractivity contribution in [2.24, 2.45) is 0 Å². The number of aryl methyl sites for hydroxylation is 1. The molecular weight excluding hydrogens is 430 g/mol. The van der Waals surface area contributed by atoms with Gasteiger partial charge in [-0.2, -0.15) is 5.10 Å². The fourth-order valence-electron chi connectivity index (χ4n) is 3.33. The first-order valence-electron chi connectivity index (χ1n) is 11.2. The standard InChI is InChI=1S/C26H33N5O3/c1-19-10-9-13-21(16-19)31-23(17-22(29-31)26(2,3)4)28-24(32)18-30(14-15-34-5)25(33)27-20-11-7-6-8-12-20/h6-13,16-17H,14-15,18H2,1-5H3,(H,27,33)(H,28,32). The lowest BCUT2D eigenvalue weighted by atomic mass is 9.92. The Morgan fingerprint density at radius 1 is 1.03 bits per heavy atom. The van der Waals surface area contributed by atoms with Crippen LogP contribution < -0.4 is 10.6 Å². The molecule has 180 valence electrons. The first-order valence-corrected chi connectivity index (χ1v) is 11.2. The predicted octanol–water partition coefficient (Wildman–Crippen LogP) is 4.60. The highest BCUT2D eigenvalue weighted by molar-refractivity contribution is 5.96. The summed E-state index contributed by atoms with van der Waals surface area (Å²) >= 11 is 0. The number of methoxy groups -OCH3 is 1. The molecule has 0 spiro atoms. The van der Waals surface area contributed by atoms with Gasteiger partial charge in [-0.3, -0.25) is 4.79 Å². The van der Waals surface area contributed by atoms with E-state index in [1.165, 1.54) is 4.90 Å². The van der Waals surface area contributed by atoms with E-state index in [2.05, 4.69) is 31.4 Å². The van der Waals surface area contributed by atoms with Crippen molar-refractivity contribution in [2.45, 2.75) is 33.1 Å². The van der Waals surface area contributed by atoms with E-state index in [0.717, 1.165) is 16.9 Å². The van der Waals surface area contributed by atoms with Crippen molar-refractivity contribution in [3.05, 3.63) is 71.9 Å². The number of nitrogens with one attached hydrogen (secondary N) is 2. The van der Waals surface area contributed by atoms with Crippen molar-refractivity contribution in [1.29, 1.82) is 0 Å². The molecule has 0 unspecified atom stereocenters. The SMILES string of the molecule is COCCN(CC(=O)Nc1cc(C(C)(C)C)nn1-c1cccc(C)c1)C(=O)Nc1ccccc1. The first kappa shape index (κ1) is 25.0. The molecule has 0 atom stereocenters. The van der Waals surface area contributed by atoms with Crippen molar-refractivity contribution >= 4 is 23.4 Å². The smallest absolute Gasteiger partial charge is 0.322 e. The van der Waals surface area contributed by atoms with Crippen molar-refractivity contribution in [3.8, 4) is 5.69 Å². The van der Waals surface area contributed by atoms with E-state index in [1.54, 1.807) is 23.9 Å². The minimum atomic E-state index is -0.374. The highest BCUT2D eigenvalue weighted by atomic mass is 16.5. The maximum absolute atomic E-state index is 13.0. The largest absolute Gasteiger partial charge is 0.383 e. The molecule has 3 aromatic rings. The topological polar surface area (TPSA) is 88.5 Å². The number of urea groups is 1. The summed E-state index contributed by atoms with van der Waals surface area (Å²) in [7, 11) is 1.56. The van der Waals surface area contributed by atoms with Gasteiger partial charge in [-0.1, -0.05) is 51.1 Å². The number of ether oxygens (including phenoxy) is 1. The normalized spacial score (nSPS) is 11.2. The van der Waals surface area contributed by atoms with Crippen LogP contribution >= 0.6 is 0 Å². The maximum atomic E-state index is 13.0. The number of aromatic nitrogens is 2. The molecule has 3 rings (SSSR count). The van der Waals surface area contributed by atoms with Crippen LogP contribution in [-0.4, -0.2) is 53.4 Å².